The van der Waals surface area contributed by atoms with Crippen molar-refractivity contribution in [3.05, 3.63) is 148 Å². The number of carbonyl (C=O) groups is 1. The maximum absolute atomic E-state index is 14.2. The van der Waals surface area contributed by atoms with Crippen LogP contribution in [0.4, 0.5) is 27.9 Å². The van der Waals surface area contributed by atoms with Crippen molar-refractivity contribution in [2.45, 2.75) is 38.6 Å². The van der Waals surface area contributed by atoms with Gasteiger partial charge in [0.05, 0.1) is 18.8 Å². The van der Waals surface area contributed by atoms with E-state index in [0.717, 1.165) is 54.0 Å². The Balaban J connectivity index is 1.09. The minimum absolute atomic E-state index is 0.0216. The number of nitrogens with one attached hydrogen (secondary N) is 1. The summed E-state index contributed by atoms with van der Waals surface area (Å²) in [6.07, 6.45) is 2.23. The number of hydrogen-bond acceptors (Lipinski definition) is 8. The molecular weight excluding hydrogens is 721 g/mol. The molecule has 1 amide bonds. The lowest BCUT2D eigenvalue weighted by molar-refractivity contribution is -0.276. The number of rotatable bonds is 10. The molecule has 7 rings (SSSR count). The average molecular weight is 760 g/mol. The van der Waals surface area contributed by atoms with E-state index in [2.05, 4.69) is 32.0 Å². The minimum atomic E-state index is -2.34. The van der Waals surface area contributed by atoms with Gasteiger partial charge in [-0.2, -0.15) is 0 Å². The highest BCUT2D eigenvalue weighted by Gasteiger charge is 2.39. The Hall–Kier alpha value is -5.28. The van der Waals surface area contributed by atoms with Gasteiger partial charge >= 0.3 is 0 Å². The fourth-order valence-electron chi connectivity index (χ4n) is 6.97. The zero-order valence-corrected chi connectivity index (χ0v) is 29.8. The lowest BCUT2D eigenvalue weighted by Gasteiger charge is -2.44. The third-order valence-electron chi connectivity index (χ3n) is 10.1. The summed E-state index contributed by atoms with van der Waals surface area (Å²) in [4.78, 5) is 25.9. The van der Waals surface area contributed by atoms with Crippen molar-refractivity contribution < 1.29 is 41.3 Å². The number of aliphatic hydroxyl groups excluding tert-OH is 1. The number of aliphatic hydroxyl groups is 1. The molecule has 4 aromatic carbocycles. The second-order valence-electron chi connectivity index (χ2n) is 13.6. The van der Waals surface area contributed by atoms with Crippen molar-refractivity contribution in [2.75, 3.05) is 37.6 Å². The molecule has 2 N–H and O–H groups in total. The van der Waals surface area contributed by atoms with E-state index in [9.17, 15) is 31.9 Å². The van der Waals surface area contributed by atoms with Crippen molar-refractivity contribution in [1.82, 2.24) is 20.2 Å². The van der Waals surface area contributed by atoms with E-state index in [-0.39, 0.29) is 31.3 Å². The maximum atomic E-state index is 14.2. The molecule has 2 saturated heterocycles. The van der Waals surface area contributed by atoms with E-state index in [4.69, 9.17) is 9.47 Å². The monoisotopic (exact) mass is 759 g/mol. The second kappa shape index (κ2) is 16.6. The highest BCUT2D eigenvalue weighted by atomic mass is 19.2. The smallest absolute Gasteiger partial charge is 0.257 e. The molecule has 4 unspecified atom stereocenters. The van der Waals surface area contributed by atoms with Crippen LogP contribution in [0.1, 0.15) is 51.9 Å². The summed E-state index contributed by atoms with van der Waals surface area (Å²) in [5, 5.41) is 11.9. The molecule has 286 valence electrons. The lowest BCUT2D eigenvalue weighted by atomic mass is 9.89. The molecular formula is C41H38F5N5O4. The molecule has 5 aromatic rings. The topological polar surface area (TPSA) is 100 Å². The van der Waals surface area contributed by atoms with Crippen molar-refractivity contribution >= 4 is 11.9 Å². The summed E-state index contributed by atoms with van der Waals surface area (Å²) >= 11 is 0. The van der Waals surface area contributed by atoms with Gasteiger partial charge in [0, 0.05) is 63.1 Å². The fraction of sp³-hybridized carbons (Fsp3) is 0.293. The van der Waals surface area contributed by atoms with Crippen LogP contribution in [0.15, 0.2) is 91.3 Å². The van der Waals surface area contributed by atoms with E-state index in [1.54, 1.807) is 36.7 Å². The standard InChI is InChI=1S/C41H38F5N5O4/c1-24-31(22-50-15-17-51(18-16-50)41-47-13-4-14-48-41)54-40(55-38(24)27-11-9-25(23-52)10-12-27)30-8-3-7-29(20-30)28-6-2-5-26(19-28)21-49-39(53)32-33(42)35(44)37(46)36(45)34(32)43/h2-14,19-20,24,31,38,40,52H,15-18,21-23H2,1H3,(H,49,53). The van der Waals surface area contributed by atoms with E-state index >= 15 is 0 Å². The van der Waals surface area contributed by atoms with Gasteiger partial charge in [0.1, 0.15) is 5.56 Å². The molecule has 0 bridgehead atoms. The van der Waals surface area contributed by atoms with Gasteiger partial charge in [0.2, 0.25) is 11.8 Å². The highest BCUT2D eigenvalue weighted by molar-refractivity contribution is 5.94. The third kappa shape index (κ3) is 8.22. The normalized spacial score (nSPS) is 20.4. The Morgan fingerprint density at radius 3 is 2.07 bits per heavy atom. The number of benzene rings is 4. The molecule has 0 aliphatic carbocycles. The van der Waals surface area contributed by atoms with Crippen LogP contribution in [0.2, 0.25) is 0 Å². The van der Waals surface area contributed by atoms with Gasteiger partial charge in [-0.05, 0) is 46.0 Å². The van der Waals surface area contributed by atoms with Gasteiger partial charge < -0.3 is 24.8 Å². The Morgan fingerprint density at radius 1 is 0.764 bits per heavy atom. The number of ether oxygens (including phenoxy) is 2. The second-order valence-corrected chi connectivity index (χ2v) is 13.6. The average Bonchev–Trinajstić information content (AvgIpc) is 3.23. The predicted molar refractivity (Wildman–Crippen MR) is 193 cm³/mol. The number of piperazine rings is 1. The molecule has 14 heteroatoms. The number of carbonyl (C=O) groups excluding carboxylic acids is 1. The van der Waals surface area contributed by atoms with Crippen molar-refractivity contribution in [1.29, 1.82) is 0 Å². The van der Waals surface area contributed by atoms with Gasteiger partial charge in [-0.3, -0.25) is 9.69 Å². The summed E-state index contributed by atoms with van der Waals surface area (Å²) < 4.78 is 82.8. The number of aromatic nitrogens is 2. The van der Waals surface area contributed by atoms with Crippen LogP contribution in [-0.2, 0) is 22.6 Å². The summed E-state index contributed by atoms with van der Waals surface area (Å²) in [6.45, 7) is 5.64. The molecule has 9 nitrogen and oxygen atoms in total. The number of amides is 1. The van der Waals surface area contributed by atoms with E-state index in [1.807, 2.05) is 54.6 Å². The molecule has 4 atom stereocenters. The van der Waals surface area contributed by atoms with Crippen LogP contribution in [0.3, 0.4) is 0 Å². The first-order chi connectivity index (χ1) is 26.6. The minimum Gasteiger partial charge on any atom is -0.392 e. The van der Waals surface area contributed by atoms with Crippen LogP contribution in [0.25, 0.3) is 11.1 Å². The Kier molecular flexibility index (Phi) is 11.5. The molecule has 0 saturated carbocycles. The molecule has 2 fully saturated rings. The van der Waals surface area contributed by atoms with Crippen LogP contribution in [0, 0.1) is 35.0 Å². The van der Waals surface area contributed by atoms with Gasteiger partial charge in [0.15, 0.2) is 29.6 Å². The summed E-state index contributed by atoms with van der Waals surface area (Å²) in [6, 6.07) is 24.1. The van der Waals surface area contributed by atoms with Crippen molar-refractivity contribution in [2.24, 2.45) is 5.92 Å². The molecule has 0 radical (unpaired) electrons. The molecule has 2 aliphatic heterocycles. The molecule has 55 heavy (non-hydrogen) atoms. The first kappa shape index (κ1) is 38.0. The van der Waals surface area contributed by atoms with Crippen molar-refractivity contribution in [3.63, 3.8) is 0 Å². The number of anilines is 1. The molecule has 2 aliphatic rings. The SMILES string of the molecule is CC1C(CN2CCN(c3ncccn3)CC2)OC(c2cccc(-c3cccc(CNC(=O)c4c(F)c(F)c(F)c(F)c4F)c3)c2)OC1c1ccc(CO)cc1. The van der Waals surface area contributed by atoms with Gasteiger partial charge in [-0.25, -0.2) is 31.9 Å². The van der Waals surface area contributed by atoms with Gasteiger partial charge in [-0.15, -0.1) is 0 Å². The largest absolute Gasteiger partial charge is 0.392 e. The first-order valence-corrected chi connectivity index (χ1v) is 17.8. The molecule has 0 spiro atoms. The predicted octanol–water partition coefficient (Wildman–Crippen LogP) is 6.88. The van der Waals surface area contributed by atoms with Gasteiger partial charge in [-0.1, -0.05) is 67.6 Å². The Bertz CT molecular complexity index is 2110. The quantitative estimate of drug-likeness (QED) is 0.0905. The number of hydrogen-bond donors (Lipinski definition) is 2. The number of nitrogens with zero attached hydrogens (tertiary/aromatic N) is 4. The van der Waals surface area contributed by atoms with Crippen molar-refractivity contribution in [3.8, 4) is 11.1 Å². The van der Waals surface area contributed by atoms with E-state index in [1.165, 1.54) is 0 Å². The number of halogens is 5. The van der Waals surface area contributed by atoms with Crippen LogP contribution < -0.4 is 10.2 Å². The summed E-state index contributed by atoms with van der Waals surface area (Å²) in [5.41, 5.74) is 3.02. The summed E-state index contributed by atoms with van der Waals surface area (Å²) in [5.74, 6) is -11.9. The maximum Gasteiger partial charge on any atom is 0.257 e. The summed E-state index contributed by atoms with van der Waals surface area (Å²) in [7, 11) is 0. The van der Waals surface area contributed by atoms with E-state index < -0.39 is 46.8 Å². The lowest BCUT2D eigenvalue weighted by Crippen LogP contribution is -2.51. The van der Waals surface area contributed by atoms with Crippen LogP contribution in [0.5, 0.6) is 0 Å². The highest BCUT2D eigenvalue weighted by Crippen LogP contribution is 2.42. The van der Waals surface area contributed by atoms with Crippen LogP contribution >= 0.6 is 0 Å². The molecule has 1 aromatic heterocycles. The first-order valence-electron chi connectivity index (χ1n) is 17.8. The Morgan fingerprint density at radius 2 is 1.40 bits per heavy atom. The van der Waals surface area contributed by atoms with E-state index in [0.29, 0.717) is 18.1 Å². The molecule has 3 heterocycles. The Labute approximate surface area is 314 Å². The van der Waals surface area contributed by atoms with Crippen LogP contribution in [-0.4, -0.2) is 64.7 Å². The van der Waals surface area contributed by atoms with Gasteiger partial charge in [0.25, 0.3) is 5.91 Å². The fourth-order valence-corrected chi connectivity index (χ4v) is 6.97. The third-order valence-corrected chi connectivity index (χ3v) is 10.1. The zero-order valence-electron chi connectivity index (χ0n) is 29.8. The zero-order chi connectivity index (χ0) is 38.6.